The lowest BCUT2D eigenvalue weighted by Gasteiger charge is -2.10. The normalized spacial score (nSPS) is 18.0. The summed E-state index contributed by atoms with van der Waals surface area (Å²) in [4.78, 5) is 11.5. The Bertz CT molecular complexity index is 474. The molecule has 0 bridgehead atoms. The van der Waals surface area contributed by atoms with E-state index in [0.29, 0.717) is 23.1 Å². The van der Waals surface area contributed by atoms with E-state index in [1.165, 1.54) is 6.42 Å². The van der Waals surface area contributed by atoms with Crippen molar-refractivity contribution in [2.75, 3.05) is 24.7 Å². The molecule has 1 unspecified atom stereocenters. The van der Waals surface area contributed by atoms with Crippen LogP contribution in [0.1, 0.15) is 44.9 Å². The Balaban J connectivity index is 1.60. The number of ketones is 1. The molecule has 21 heavy (non-hydrogen) atoms. The summed E-state index contributed by atoms with van der Waals surface area (Å²) in [6.07, 6.45) is 7.55. The third-order valence-electron chi connectivity index (χ3n) is 4.22. The maximum Gasteiger partial charge on any atom is 0.143 e. The number of hydrogen-bond acceptors (Lipinski definition) is 4. The van der Waals surface area contributed by atoms with Crippen molar-refractivity contribution in [1.82, 2.24) is 0 Å². The summed E-state index contributed by atoms with van der Waals surface area (Å²) in [5.41, 5.74) is 7.48. The number of ether oxygens (including phenoxy) is 1. The molecule has 3 N–H and O–H groups in total. The maximum absolute atomic E-state index is 11.5. The number of rotatable bonds is 8. The average molecular weight is 290 g/mol. The first-order valence-electron chi connectivity index (χ1n) is 7.91. The fourth-order valence-electron chi connectivity index (χ4n) is 2.94. The smallest absolute Gasteiger partial charge is 0.143 e. The Kier molecular flexibility index (Phi) is 5.90. The molecule has 116 valence electrons. The minimum absolute atomic E-state index is 0.360. The highest BCUT2D eigenvalue weighted by Crippen LogP contribution is 2.27. The van der Waals surface area contributed by atoms with E-state index < -0.39 is 0 Å². The zero-order chi connectivity index (χ0) is 15.1. The van der Waals surface area contributed by atoms with Gasteiger partial charge < -0.3 is 15.8 Å². The lowest BCUT2D eigenvalue weighted by molar-refractivity contribution is -0.120. The van der Waals surface area contributed by atoms with E-state index in [0.717, 1.165) is 50.8 Å². The molecule has 1 fully saturated rings. The largest absolute Gasteiger partial charge is 0.495 e. The van der Waals surface area contributed by atoms with Crippen LogP contribution in [-0.2, 0) is 4.79 Å². The van der Waals surface area contributed by atoms with Gasteiger partial charge in [-0.25, -0.2) is 0 Å². The summed E-state index contributed by atoms with van der Waals surface area (Å²) < 4.78 is 5.20. The lowest BCUT2D eigenvalue weighted by Crippen LogP contribution is -2.06. The van der Waals surface area contributed by atoms with E-state index in [4.69, 9.17) is 10.5 Å². The highest BCUT2D eigenvalue weighted by molar-refractivity contribution is 5.82. The van der Waals surface area contributed by atoms with Gasteiger partial charge in [0.05, 0.1) is 12.8 Å². The molecule has 1 atom stereocenters. The van der Waals surface area contributed by atoms with Gasteiger partial charge in [0.1, 0.15) is 11.5 Å². The summed E-state index contributed by atoms with van der Waals surface area (Å²) in [7, 11) is 1.62. The zero-order valence-electron chi connectivity index (χ0n) is 12.9. The molecule has 1 aromatic rings. The molecule has 0 radical (unpaired) electrons. The van der Waals surface area contributed by atoms with E-state index in [9.17, 15) is 4.79 Å². The minimum atomic E-state index is 0.360. The van der Waals surface area contributed by atoms with Gasteiger partial charge in [-0.2, -0.15) is 0 Å². The van der Waals surface area contributed by atoms with Gasteiger partial charge in [0.25, 0.3) is 0 Å². The number of nitrogens with two attached hydrogens (primary N) is 1. The number of hydrogen-bond donors (Lipinski definition) is 2. The molecule has 2 rings (SSSR count). The number of carbonyl (C=O) groups excluding carboxylic acids is 1. The third-order valence-corrected chi connectivity index (χ3v) is 4.22. The number of unbranched alkanes of at least 4 members (excludes halogenated alkanes) is 2. The molecule has 0 aromatic heterocycles. The lowest BCUT2D eigenvalue weighted by atomic mass is 9.99. The van der Waals surface area contributed by atoms with Crippen molar-refractivity contribution in [3.05, 3.63) is 18.2 Å². The molecular weight excluding hydrogens is 264 g/mol. The molecule has 0 aliphatic heterocycles. The van der Waals surface area contributed by atoms with Crippen LogP contribution in [-0.4, -0.2) is 19.4 Å². The van der Waals surface area contributed by atoms with Crippen LogP contribution in [0, 0.1) is 5.92 Å². The van der Waals surface area contributed by atoms with Crippen molar-refractivity contribution in [2.45, 2.75) is 44.9 Å². The summed E-state index contributed by atoms with van der Waals surface area (Å²) >= 11 is 0. The molecule has 4 nitrogen and oxygen atoms in total. The molecule has 1 saturated carbocycles. The van der Waals surface area contributed by atoms with Crippen LogP contribution in [0.3, 0.4) is 0 Å². The van der Waals surface area contributed by atoms with E-state index in [1.807, 2.05) is 18.2 Å². The standard InChI is InChI=1S/C17H26N2O2/c1-21-17-12-14(9-10-15(17)18)19-11-4-2-3-6-13-7-5-8-16(13)20/h9-10,12-13,19H,2-8,11,18H2,1H3. The van der Waals surface area contributed by atoms with Gasteiger partial charge in [0.15, 0.2) is 0 Å². The second-order valence-corrected chi connectivity index (χ2v) is 5.79. The third kappa shape index (κ3) is 4.66. The Morgan fingerprint density at radius 1 is 1.33 bits per heavy atom. The predicted molar refractivity (Wildman–Crippen MR) is 86.7 cm³/mol. The number of Topliss-reactive ketones (excluding diaryl/α,β-unsaturated/α-hetero) is 1. The Morgan fingerprint density at radius 3 is 2.90 bits per heavy atom. The predicted octanol–water partition coefficient (Wildman–Crippen LogP) is 3.62. The molecule has 0 saturated heterocycles. The van der Waals surface area contributed by atoms with Gasteiger partial charge in [0, 0.05) is 30.6 Å². The van der Waals surface area contributed by atoms with E-state index >= 15 is 0 Å². The number of anilines is 2. The highest BCUT2D eigenvalue weighted by atomic mass is 16.5. The van der Waals surface area contributed by atoms with Crippen LogP contribution in [0.2, 0.25) is 0 Å². The Hall–Kier alpha value is -1.71. The van der Waals surface area contributed by atoms with Crippen LogP contribution in [0.5, 0.6) is 5.75 Å². The van der Waals surface area contributed by atoms with Crippen LogP contribution < -0.4 is 15.8 Å². The number of nitrogen functional groups attached to an aromatic ring is 1. The van der Waals surface area contributed by atoms with E-state index in [1.54, 1.807) is 7.11 Å². The molecule has 1 aromatic carbocycles. The second-order valence-electron chi connectivity index (χ2n) is 5.79. The van der Waals surface area contributed by atoms with Crippen LogP contribution in [0.4, 0.5) is 11.4 Å². The van der Waals surface area contributed by atoms with Crippen molar-refractivity contribution >= 4 is 17.2 Å². The first-order valence-corrected chi connectivity index (χ1v) is 7.91. The Morgan fingerprint density at radius 2 is 2.19 bits per heavy atom. The first-order chi connectivity index (χ1) is 10.2. The van der Waals surface area contributed by atoms with Crippen molar-refractivity contribution < 1.29 is 9.53 Å². The second kappa shape index (κ2) is 7.91. The maximum atomic E-state index is 11.5. The van der Waals surface area contributed by atoms with Gasteiger partial charge in [-0.1, -0.05) is 12.8 Å². The summed E-state index contributed by atoms with van der Waals surface area (Å²) in [6, 6.07) is 5.74. The minimum Gasteiger partial charge on any atom is -0.495 e. The van der Waals surface area contributed by atoms with Gasteiger partial charge >= 0.3 is 0 Å². The molecule has 0 heterocycles. The van der Waals surface area contributed by atoms with Gasteiger partial charge in [-0.05, 0) is 37.8 Å². The summed E-state index contributed by atoms with van der Waals surface area (Å²) in [6.45, 7) is 0.936. The van der Waals surface area contributed by atoms with Crippen LogP contribution >= 0.6 is 0 Å². The van der Waals surface area contributed by atoms with Gasteiger partial charge in [-0.3, -0.25) is 4.79 Å². The fourth-order valence-corrected chi connectivity index (χ4v) is 2.94. The summed E-state index contributed by atoms with van der Waals surface area (Å²) in [5, 5.41) is 3.38. The molecule has 0 spiro atoms. The molecular formula is C17H26N2O2. The van der Waals surface area contributed by atoms with Crippen molar-refractivity contribution in [1.29, 1.82) is 0 Å². The number of benzene rings is 1. The van der Waals surface area contributed by atoms with Crippen LogP contribution in [0.25, 0.3) is 0 Å². The van der Waals surface area contributed by atoms with Gasteiger partial charge in [0.2, 0.25) is 0 Å². The monoisotopic (exact) mass is 290 g/mol. The zero-order valence-corrected chi connectivity index (χ0v) is 12.9. The molecule has 0 amide bonds. The average Bonchev–Trinajstić information content (AvgIpc) is 2.89. The summed E-state index contributed by atoms with van der Waals surface area (Å²) in [5.74, 6) is 1.56. The number of methoxy groups -OCH3 is 1. The highest BCUT2D eigenvalue weighted by Gasteiger charge is 2.23. The molecule has 1 aliphatic carbocycles. The topological polar surface area (TPSA) is 64.3 Å². The van der Waals surface area contributed by atoms with Crippen molar-refractivity contribution in [2.24, 2.45) is 5.92 Å². The van der Waals surface area contributed by atoms with E-state index in [-0.39, 0.29) is 0 Å². The SMILES string of the molecule is COc1cc(NCCCCCC2CCCC2=O)ccc1N. The quantitative estimate of drug-likeness (QED) is 0.567. The van der Waals surface area contributed by atoms with Crippen molar-refractivity contribution in [3.8, 4) is 5.75 Å². The fraction of sp³-hybridized carbons (Fsp3) is 0.588. The first kappa shape index (κ1) is 15.7. The molecule has 4 heteroatoms. The number of nitrogens with one attached hydrogen (secondary N) is 1. The van der Waals surface area contributed by atoms with Gasteiger partial charge in [-0.15, -0.1) is 0 Å². The molecule has 1 aliphatic rings. The number of carbonyl (C=O) groups is 1. The Labute approximate surface area is 127 Å². The van der Waals surface area contributed by atoms with Crippen molar-refractivity contribution in [3.63, 3.8) is 0 Å². The van der Waals surface area contributed by atoms with E-state index in [2.05, 4.69) is 5.32 Å². The van der Waals surface area contributed by atoms with Crippen LogP contribution in [0.15, 0.2) is 18.2 Å².